The molecule has 0 aliphatic heterocycles. The zero-order valence-electron chi connectivity index (χ0n) is 25.4. The number of carbonyl (C=O) groups excluding carboxylic acids is 2. The van der Waals surface area contributed by atoms with Crippen LogP contribution in [0.4, 0.5) is 11.5 Å². The summed E-state index contributed by atoms with van der Waals surface area (Å²) in [6, 6.07) is 24.7. The van der Waals surface area contributed by atoms with E-state index in [-0.39, 0.29) is 17.9 Å². The third-order valence-corrected chi connectivity index (χ3v) is 7.79. The van der Waals surface area contributed by atoms with Gasteiger partial charge in [0.05, 0.1) is 18.7 Å². The summed E-state index contributed by atoms with van der Waals surface area (Å²) in [5.41, 5.74) is 5.30. The molecule has 1 aliphatic rings. The van der Waals surface area contributed by atoms with Gasteiger partial charge in [0.1, 0.15) is 5.82 Å². The molecule has 1 aliphatic carbocycles. The molecular formula is C35H42N6O3. The van der Waals surface area contributed by atoms with E-state index in [0.29, 0.717) is 38.4 Å². The molecule has 1 aromatic heterocycles. The lowest BCUT2D eigenvalue weighted by Crippen LogP contribution is -2.26. The number of hydrogen-bond acceptors (Lipinski definition) is 7. The minimum atomic E-state index is -0.0218. The summed E-state index contributed by atoms with van der Waals surface area (Å²) < 4.78 is 5.37. The number of benzene rings is 3. The Labute approximate surface area is 259 Å². The number of unbranched alkanes of at least 4 members (excludes halogenated alkanes) is 2. The van der Waals surface area contributed by atoms with E-state index in [1.807, 2.05) is 49.5 Å². The lowest BCUT2D eigenvalue weighted by molar-refractivity contribution is -0.122. The van der Waals surface area contributed by atoms with Gasteiger partial charge < -0.3 is 26.0 Å². The number of ether oxygens (including phenoxy) is 1. The molecule has 0 fully saturated rings. The van der Waals surface area contributed by atoms with Gasteiger partial charge in [0.2, 0.25) is 11.8 Å². The molecule has 9 heteroatoms. The molecule has 2 amide bonds. The first kappa shape index (κ1) is 31.1. The van der Waals surface area contributed by atoms with Gasteiger partial charge in [0.25, 0.3) is 0 Å². The van der Waals surface area contributed by atoms with Gasteiger partial charge in [-0.15, -0.1) is 0 Å². The van der Waals surface area contributed by atoms with Crippen molar-refractivity contribution in [2.24, 2.45) is 0 Å². The van der Waals surface area contributed by atoms with E-state index >= 15 is 0 Å². The smallest absolute Gasteiger partial charge is 0.224 e. The molecule has 5 rings (SSSR count). The van der Waals surface area contributed by atoms with Crippen molar-refractivity contribution >= 4 is 34.2 Å². The van der Waals surface area contributed by atoms with Crippen molar-refractivity contribution in [1.29, 1.82) is 0 Å². The predicted molar refractivity (Wildman–Crippen MR) is 176 cm³/mol. The lowest BCUT2D eigenvalue weighted by atomic mass is 10.1. The monoisotopic (exact) mass is 594 g/mol. The van der Waals surface area contributed by atoms with E-state index in [9.17, 15) is 9.59 Å². The first-order valence-electron chi connectivity index (χ1n) is 15.6. The maximum absolute atomic E-state index is 12.5. The summed E-state index contributed by atoms with van der Waals surface area (Å²) in [6.45, 7) is 2.42. The summed E-state index contributed by atoms with van der Waals surface area (Å²) in [6.07, 6.45) is 5.22. The van der Waals surface area contributed by atoms with Crippen LogP contribution < -0.4 is 21.3 Å². The number of anilines is 2. The second-order valence-corrected chi connectivity index (χ2v) is 11.2. The summed E-state index contributed by atoms with van der Waals surface area (Å²) in [4.78, 5) is 34.1. The SMILES string of the molecule is CNCCOCCC(=O)NCCCCCC(=O)Nc1ccc(-c2nc(NC3Cc4ccccc4C3)c3ccccc3n2)cc1. The van der Waals surface area contributed by atoms with Crippen LogP contribution in [-0.4, -0.2) is 61.2 Å². The molecule has 4 N–H and O–H groups in total. The van der Waals surface area contributed by atoms with Crippen molar-refractivity contribution in [1.82, 2.24) is 20.6 Å². The van der Waals surface area contributed by atoms with Crippen LogP contribution in [0.2, 0.25) is 0 Å². The molecule has 44 heavy (non-hydrogen) atoms. The first-order valence-corrected chi connectivity index (χ1v) is 15.6. The number of amides is 2. The van der Waals surface area contributed by atoms with E-state index in [1.54, 1.807) is 0 Å². The molecule has 4 aromatic rings. The van der Waals surface area contributed by atoms with Gasteiger partial charge in [-0.25, -0.2) is 9.97 Å². The van der Waals surface area contributed by atoms with Crippen LogP contribution in [0.5, 0.6) is 0 Å². The standard InChI is InChI=1S/C35H42N6O3/c1-36-20-22-44-21-18-32(42)37-19-8-2-3-13-33(43)38-28-16-14-25(15-17-28)34-40-31-12-7-6-11-30(31)35(41-34)39-29-23-26-9-4-5-10-27(26)24-29/h4-7,9-12,14-17,29,36H,2-3,8,13,18-24H2,1H3,(H,37,42)(H,38,43)(H,39,40,41). The van der Waals surface area contributed by atoms with Crippen LogP contribution in [0.25, 0.3) is 22.3 Å². The highest BCUT2D eigenvalue weighted by Gasteiger charge is 2.22. The van der Waals surface area contributed by atoms with Crippen LogP contribution in [0, 0.1) is 0 Å². The highest BCUT2D eigenvalue weighted by Crippen LogP contribution is 2.29. The number of para-hydroxylation sites is 1. The first-order chi connectivity index (χ1) is 21.6. The van der Waals surface area contributed by atoms with E-state index in [2.05, 4.69) is 51.6 Å². The number of nitrogens with one attached hydrogen (secondary N) is 4. The number of likely N-dealkylation sites (N-methyl/N-ethyl adjacent to an activating group) is 1. The average Bonchev–Trinajstić information content (AvgIpc) is 3.45. The fraction of sp³-hybridized carbons (Fsp3) is 0.371. The Balaban J connectivity index is 1.08. The largest absolute Gasteiger partial charge is 0.380 e. The average molecular weight is 595 g/mol. The molecule has 0 saturated heterocycles. The van der Waals surface area contributed by atoms with Crippen LogP contribution in [-0.2, 0) is 27.2 Å². The lowest BCUT2D eigenvalue weighted by Gasteiger charge is -2.16. The maximum atomic E-state index is 12.5. The van der Waals surface area contributed by atoms with Gasteiger partial charge in [-0.1, -0.05) is 42.8 Å². The van der Waals surface area contributed by atoms with Gasteiger partial charge in [0, 0.05) is 48.6 Å². The summed E-state index contributed by atoms with van der Waals surface area (Å²) in [5, 5.41) is 13.6. The third kappa shape index (κ3) is 8.84. The van der Waals surface area contributed by atoms with Crippen LogP contribution in [0.15, 0.2) is 72.8 Å². The van der Waals surface area contributed by atoms with Gasteiger partial charge in [0.15, 0.2) is 5.82 Å². The van der Waals surface area contributed by atoms with Gasteiger partial charge in [-0.2, -0.15) is 0 Å². The number of carbonyl (C=O) groups is 2. The maximum Gasteiger partial charge on any atom is 0.224 e. The van der Waals surface area contributed by atoms with Crippen molar-refractivity contribution in [3.05, 3.63) is 83.9 Å². The number of fused-ring (bicyclic) bond motifs is 2. The highest BCUT2D eigenvalue weighted by atomic mass is 16.5. The van der Waals surface area contributed by atoms with Crippen molar-refractivity contribution in [3.8, 4) is 11.4 Å². The summed E-state index contributed by atoms with van der Waals surface area (Å²) in [5.74, 6) is 1.46. The van der Waals surface area contributed by atoms with Crippen molar-refractivity contribution in [2.75, 3.05) is 44.0 Å². The molecule has 9 nitrogen and oxygen atoms in total. The Morgan fingerprint density at radius 1 is 0.795 bits per heavy atom. The van der Waals surface area contributed by atoms with Gasteiger partial charge >= 0.3 is 0 Å². The van der Waals surface area contributed by atoms with E-state index < -0.39 is 0 Å². The Morgan fingerprint density at radius 2 is 1.55 bits per heavy atom. The zero-order valence-corrected chi connectivity index (χ0v) is 25.4. The molecule has 0 unspecified atom stereocenters. The fourth-order valence-corrected chi connectivity index (χ4v) is 5.44. The normalized spacial score (nSPS) is 12.7. The van der Waals surface area contributed by atoms with Crippen molar-refractivity contribution in [3.63, 3.8) is 0 Å². The number of hydrogen-bond donors (Lipinski definition) is 4. The topological polar surface area (TPSA) is 117 Å². The Bertz CT molecular complexity index is 1520. The highest BCUT2D eigenvalue weighted by molar-refractivity contribution is 5.92. The Morgan fingerprint density at radius 3 is 2.32 bits per heavy atom. The quantitative estimate of drug-likeness (QED) is 0.133. The molecule has 3 aromatic carbocycles. The Kier molecular flexibility index (Phi) is 11.3. The van der Waals surface area contributed by atoms with Crippen molar-refractivity contribution < 1.29 is 14.3 Å². The predicted octanol–water partition coefficient (Wildman–Crippen LogP) is 5.12. The van der Waals surface area contributed by atoms with E-state index in [0.717, 1.165) is 66.6 Å². The second kappa shape index (κ2) is 15.9. The van der Waals surface area contributed by atoms with Crippen LogP contribution in [0.3, 0.4) is 0 Å². The molecule has 0 spiro atoms. The molecule has 0 bridgehead atoms. The number of nitrogens with zero attached hydrogens (tertiary/aromatic N) is 2. The van der Waals surface area contributed by atoms with Crippen molar-refractivity contribution in [2.45, 2.75) is 51.0 Å². The molecule has 1 heterocycles. The number of rotatable bonds is 16. The van der Waals surface area contributed by atoms with E-state index in [4.69, 9.17) is 14.7 Å². The molecule has 0 radical (unpaired) electrons. The molecule has 0 atom stereocenters. The molecule has 0 saturated carbocycles. The Hall–Kier alpha value is -4.34. The second-order valence-electron chi connectivity index (χ2n) is 11.2. The van der Waals surface area contributed by atoms with Crippen LogP contribution >= 0.6 is 0 Å². The van der Waals surface area contributed by atoms with Crippen LogP contribution in [0.1, 0.15) is 43.2 Å². The fourth-order valence-electron chi connectivity index (χ4n) is 5.44. The summed E-state index contributed by atoms with van der Waals surface area (Å²) in [7, 11) is 1.86. The van der Waals surface area contributed by atoms with Gasteiger partial charge in [-0.05, 0) is 80.3 Å². The molecule has 230 valence electrons. The summed E-state index contributed by atoms with van der Waals surface area (Å²) >= 11 is 0. The minimum Gasteiger partial charge on any atom is -0.380 e. The van der Waals surface area contributed by atoms with Gasteiger partial charge in [-0.3, -0.25) is 9.59 Å². The molecular weight excluding hydrogens is 552 g/mol. The number of aromatic nitrogens is 2. The third-order valence-electron chi connectivity index (χ3n) is 7.79. The van der Waals surface area contributed by atoms with E-state index in [1.165, 1.54) is 11.1 Å². The zero-order chi connectivity index (χ0) is 30.6. The minimum absolute atomic E-state index is 0.00276.